The first-order valence-corrected chi connectivity index (χ1v) is 11.4. The second kappa shape index (κ2) is 9.49. The summed E-state index contributed by atoms with van der Waals surface area (Å²) in [4.78, 5) is 29.8. The Morgan fingerprint density at radius 2 is 1.33 bits per heavy atom. The van der Waals surface area contributed by atoms with Crippen LogP contribution in [0.15, 0.2) is 78.9 Å². The maximum atomic E-state index is 12.9. The number of piperazine rings is 1. The van der Waals surface area contributed by atoms with Crippen molar-refractivity contribution in [3.63, 3.8) is 0 Å². The number of amides is 2. The van der Waals surface area contributed by atoms with E-state index >= 15 is 0 Å². The molecule has 1 aliphatic heterocycles. The maximum Gasteiger partial charge on any atom is 0.255 e. The van der Waals surface area contributed by atoms with Gasteiger partial charge in [-0.1, -0.05) is 63.2 Å². The van der Waals surface area contributed by atoms with Gasteiger partial charge < -0.3 is 15.1 Å². The van der Waals surface area contributed by atoms with E-state index in [1.54, 1.807) is 0 Å². The molecule has 2 amide bonds. The van der Waals surface area contributed by atoms with E-state index in [0.717, 1.165) is 16.9 Å². The zero-order valence-electron chi connectivity index (χ0n) is 19.5. The van der Waals surface area contributed by atoms with Crippen LogP contribution in [0.25, 0.3) is 0 Å². The number of hydrogen-bond acceptors (Lipinski definition) is 3. The number of benzene rings is 3. The van der Waals surface area contributed by atoms with Crippen LogP contribution in [0, 0.1) is 0 Å². The summed E-state index contributed by atoms with van der Waals surface area (Å²) >= 11 is 0. The summed E-state index contributed by atoms with van der Waals surface area (Å²) in [6, 6.07) is 25.1. The molecule has 1 fully saturated rings. The Balaban J connectivity index is 1.43. The van der Waals surface area contributed by atoms with Crippen molar-refractivity contribution in [2.24, 2.45) is 0 Å². The van der Waals surface area contributed by atoms with E-state index in [9.17, 15) is 9.59 Å². The third-order valence-electron chi connectivity index (χ3n) is 6.09. The molecule has 0 aliphatic carbocycles. The molecule has 0 bridgehead atoms. The topological polar surface area (TPSA) is 52.7 Å². The number of rotatable bonds is 4. The minimum Gasteiger partial charge on any atom is -0.366 e. The highest BCUT2D eigenvalue weighted by Crippen LogP contribution is 2.28. The van der Waals surface area contributed by atoms with Gasteiger partial charge in [0.1, 0.15) is 0 Å². The van der Waals surface area contributed by atoms with E-state index in [1.807, 2.05) is 83.8 Å². The Labute approximate surface area is 196 Å². The van der Waals surface area contributed by atoms with Crippen molar-refractivity contribution in [3.8, 4) is 0 Å². The van der Waals surface area contributed by atoms with Gasteiger partial charge in [-0.25, -0.2) is 0 Å². The number of nitrogens with zero attached hydrogens (tertiary/aromatic N) is 2. The minimum absolute atomic E-state index is 0.0473. The maximum absolute atomic E-state index is 12.9. The van der Waals surface area contributed by atoms with Crippen LogP contribution < -0.4 is 10.2 Å². The van der Waals surface area contributed by atoms with Crippen LogP contribution in [-0.4, -0.2) is 42.9 Å². The third kappa shape index (κ3) is 5.25. The lowest BCUT2D eigenvalue weighted by molar-refractivity contribution is 0.0746. The molecular formula is C28H31N3O2. The van der Waals surface area contributed by atoms with Gasteiger partial charge in [0, 0.05) is 37.3 Å². The third-order valence-corrected chi connectivity index (χ3v) is 6.09. The second-order valence-corrected chi connectivity index (χ2v) is 9.44. The van der Waals surface area contributed by atoms with Crippen LogP contribution in [0.3, 0.4) is 0 Å². The average molecular weight is 442 g/mol. The molecule has 0 aromatic heterocycles. The SMILES string of the molecule is CC(C)(C)c1ccc(C(=O)Nc2ccccc2N2CCN(C(=O)c3ccccc3)CC2)cc1. The van der Waals surface area contributed by atoms with E-state index in [2.05, 4.69) is 31.0 Å². The number of carbonyl (C=O) groups excluding carboxylic acids is 2. The number of hydrogen-bond donors (Lipinski definition) is 1. The molecule has 1 saturated heterocycles. The lowest BCUT2D eigenvalue weighted by Crippen LogP contribution is -2.49. The molecule has 3 aromatic rings. The van der Waals surface area contributed by atoms with Gasteiger partial charge in [0.25, 0.3) is 11.8 Å². The monoisotopic (exact) mass is 441 g/mol. The van der Waals surface area contributed by atoms with Gasteiger partial charge in [0.15, 0.2) is 0 Å². The highest BCUT2D eigenvalue weighted by molar-refractivity contribution is 6.06. The number of anilines is 2. The molecule has 1 N–H and O–H groups in total. The zero-order chi connectivity index (χ0) is 23.4. The van der Waals surface area contributed by atoms with Crippen LogP contribution >= 0.6 is 0 Å². The fraction of sp³-hybridized carbons (Fsp3) is 0.286. The number of nitrogens with one attached hydrogen (secondary N) is 1. The van der Waals surface area contributed by atoms with Crippen molar-refractivity contribution < 1.29 is 9.59 Å². The Hall–Kier alpha value is -3.60. The van der Waals surface area contributed by atoms with Gasteiger partial charge in [0.2, 0.25) is 0 Å². The van der Waals surface area contributed by atoms with Gasteiger partial charge >= 0.3 is 0 Å². The van der Waals surface area contributed by atoms with Crippen LogP contribution in [0.5, 0.6) is 0 Å². The van der Waals surface area contributed by atoms with Gasteiger partial charge in [-0.05, 0) is 47.4 Å². The van der Waals surface area contributed by atoms with Crippen LogP contribution in [0.2, 0.25) is 0 Å². The van der Waals surface area contributed by atoms with Crippen molar-refractivity contribution in [1.29, 1.82) is 0 Å². The van der Waals surface area contributed by atoms with E-state index in [-0.39, 0.29) is 17.2 Å². The van der Waals surface area contributed by atoms with E-state index in [0.29, 0.717) is 31.7 Å². The van der Waals surface area contributed by atoms with Gasteiger partial charge in [-0.3, -0.25) is 9.59 Å². The second-order valence-electron chi connectivity index (χ2n) is 9.44. The first-order valence-electron chi connectivity index (χ1n) is 11.4. The first-order chi connectivity index (χ1) is 15.8. The molecule has 4 rings (SSSR count). The summed E-state index contributed by atoms with van der Waals surface area (Å²) in [7, 11) is 0. The molecular weight excluding hydrogens is 410 g/mol. The summed E-state index contributed by atoms with van der Waals surface area (Å²) in [5.41, 5.74) is 4.36. The zero-order valence-corrected chi connectivity index (χ0v) is 19.5. The quantitative estimate of drug-likeness (QED) is 0.606. The molecule has 0 saturated carbocycles. The molecule has 170 valence electrons. The van der Waals surface area contributed by atoms with Crippen molar-refractivity contribution in [1.82, 2.24) is 4.90 Å². The predicted molar refractivity (Wildman–Crippen MR) is 134 cm³/mol. The van der Waals surface area contributed by atoms with Crippen LogP contribution in [-0.2, 0) is 5.41 Å². The smallest absolute Gasteiger partial charge is 0.255 e. The molecule has 3 aromatic carbocycles. The van der Waals surface area contributed by atoms with Crippen LogP contribution in [0.4, 0.5) is 11.4 Å². The molecule has 5 heteroatoms. The molecule has 0 unspecified atom stereocenters. The molecule has 1 aliphatic rings. The number of carbonyl (C=O) groups is 2. The van der Waals surface area contributed by atoms with Gasteiger partial charge in [0.05, 0.1) is 11.4 Å². The normalized spacial score (nSPS) is 14.2. The molecule has 5 nitrogen and oxygen atoms in total. The number of para-hydroxylation sites is 2. The first kappa shape index (κ1) is 22.6. The van der Waals surface area contributed by atoms with Crippen molar-refractivity contribution in [2.75, 3.05) is 36.4 Å². The predicted octanol–water partition coefficient (Wildman–Crippen LogP) is 5.20. The van der Waals surface area contributed by atoms with Crippen molar-refractivity contribution in [2.45, 2.75) is 26.2 Å². The molecule has 0 radical (unpaired) electrons. The lowest BCUT2D eigenvalue weighted by atomic mass is 9.87. The summed E-state index contributed by atoms with van der Waals surface area (Å²) in [5, 5.41) is 3.08. The Morgan fingerprint density at radius 1 is 0.727 bits per heavy atom. The molecule has 0 atom stereocenters. The molecule has 33 heavy (non-hydrogen) atoms. The van der Waals surface area contributed by atoms with Crippen LogP contribution in [0.1, 0.15) is 47.1 Å². The Kier molecular flexibility index (Phi) is 6.50. The fourth-order valence-corrected chi connectivity index (χ4v) is 4.08. The van der Waals surface area contributed by atoms with Gasteiger partial charge in [-0.15, -0.1) is 0 Å². The summed E-state index contributed by atoms with van der Waals surface area (Å²) in [6.07, 6.45) is 0. The summed E-state index contributed by atoms with van der Waals surface area (Å²) in [5.74, 6) is -0.0589. The van der Waals surface area contributed by atoms with Crippen molar-refractivity contribution >= 4 is 23.2 Å². The van der Waals surface area contributed by atoms with E-state index in [1.165, 1.54) is 5.56 Å². The largest absolute Gasteiger partial charge is 0.366 e. The highest BCUT2D eigenvalue weighted by Gasteiger charge is 2.24. The van der Waals surface area contributed by atoms with E-state index < -0.39 is 0 Å². The van der Waals surface area contributed by atoms with Crippen molar-refractivity contribution in [3.05, 3.63) is 95.6 Å². The molecule has 1 heterocycles. The van der Waals surface area contributed by atoms with E-state index in [4.69, 9.17) is 0 Å². The lowest BCUT2D eigenvalue weighted by Gasteiger charge is -2.37. The summed E-state index contributed by atoms with van der Waals surface area (Å²) < 4.78 is 0. The average Bonchev–Trinajstić information content (AvgIpc) is 2.84. The Bertz CT molecular complexity index is 1110. The fourth-order valence-electron chi connectivity index (χ4n) is 4.08. The minimum atomic E-state index is -0.124. The summed E-state index contributed by atoms with van der Waals surface area (Å²) in [6.45, 7) is 9.19. The highest BCUT2D eigenvalue weighted by atomic mass is 16.2. The Morgan fingerprint density at radius 3 is 1.97 bits per heavy atom. The van der Waals surface area contributed by atoms with Gasteiger partial charge in [-0.2, -0.15) is 0 Å². The molecule has 0 spiro atoms. The standard InChI is InChI=1S/C28H31N3O2/c1-28(2,3)23-15-13-21(14-16-23)26(32)29-24-11-7-8-12-25(24)30-17-19-31(20-18-30)27(33)22-9-5-4-6-10-22/h4-16H,17-20H2,1-3H3,(H,29,32).